The molecule has 0 amide bonds. The Labute approximate surface area is 120 Å². The van der Waals surface area contributed by atoms with Crippen molar-refractivity contribution >= 4 is 32.5 Å². The van der Waals surface area contributed by atoms with Crippen LogP contribution in [0.15, 0.2) is 34.9 Å². The zero-order valence-electron chi connectivity index (χ0n) is 10.8. The lowest BCUT2D eigenvalue weighted by Gasteiger charge is -2.13. The van der Waals surface area contributed by atoms with Gasteiger partial charge < -0.3 is 15.2 Å². The van der Waals surface area contributed by atoms with Gasteiger partial charge >= 0.3 is 0 Å². The van der Waals surface area contributed by atoms with Gasteiger partial charge in [0.1, 0.15) is 0 Å². The fourth-order valence-electron chi connectivity index (χ4n) is 1.82. The monoisotopic (exact) mass is 324 g/mol. The third kappa shape index (κ3) is 3.89. The third-order valence-electron chi connectivity index (χ3n) is 2.72. The van der Waals surface area contributed by atoms with E-state index >= 15 is 0 Å². The van der Waals surface area contributed by atoms with E-state index in [0.29, 0.717) is 19.8 Å². The number of para-hydroxylation sites is 1. The first-order valence-electron chi connectivity index (χ1n) is 6.24. The van der Waals surface area contributed by atoms with Gasteiger partial charge in [0, 0.05) is 29.2 Å². The first-order valence-corrected chi connectivity index (χ1v) is 7.04. The van der Waals surface area contributed by atoms with Crippen LogP contribution in [0.4, 0.5) is 5.69 Å². The van der Waals surface area contributed by atoms with E-state index in [-0.39, 0.29) is 0 Å². The number of pyridine rings is 1. The topological polar surface area (TPSA) is 54.4 Å². The molecule has 1 aromatic carbocycles. The van der Waals surface area contributed by atoms with Crippen molar-refractivity contribution < 1.29 is 9.84 Å². The summed E-state index contributed by atoms with van der Waals surface area (Å²) in [5.41, 5.74) is 1.81. The van der Waals surface area contributed by atoms with Crippen LogP contribution in [0.3, 0.4) is 0 Å². The standard InChI is InChI=1S/C14H17BrN2O2/c1-2-19-9-12(18)8-16-13-5-3-4-10-6-11(15)7-17-14(10)13/h3-7,12,16,18H,2,8-9H2,1H3. The van der Waals surface area contributed by atoms with Crippen LogP contribution in [0, 0.1) is 0 Å². The molecule has 19 heavy (non-hydrogen) atoms. The highest BCUT2D eigenvalue weighted by molar-refractivity contribution is 9.10. The van der Waals surface area contributed by atoms with Gasteiger partial charge in [-0.3, -0.25) is 4.98 Å². The number of benzene rings is 1. The predicted octanol–water partition coefficient (Wildman–Crippen LogP) is 2.81. The maximum absolute atomic E-state index is 9.74. The lowest BCUT2D eigenvalue weighted by atomic mass is 10.2. The van der Waals surface area contributed by atoms with Crippen molar-refractivity contribution in [2.45, 2.75) is 13.0 Å². The van der Waals surface area contributed by atoms with Crippen molar-refractivity contribution in [1.82, 2.24) is 4.98 Å². The third-order valence-corrected chi connectivity index (χ3v) is 3.15. The van der Waals surface area contributed by atoms with Gasteiger partial charge in [-0.25, -0.2) is 0 Å². The Bertz CT molecular complexity index is 548. The Hall–Kier alpha value is -1.17. The highest BCUT2D eigenvalue weighted by atomic mass is 79.9. The quantitative estimate of drug-likeness (QED) is 0.857. The maximum Gasteiger partial charge on any atom is 0.0945 e. The van der Waals surface area contributed by atoms with E-state index in [1.54, 1.807) is 6.20 Å². The van der Waals surface area contributed by atoms with Gasteiger partial charge in [-0.1, -0.05) is 12.1 Å². The summed E-state index contributed by atoms with van der Waals surface area (Å²) in [6.07, 6.45) is 1.25. The summed E-state index contributed by atoms with van der Waals surface area (Å²) in [5, 5.41) is 14.0. The van der Waals surface area contributed by atoms with Gasteiger partial charge in [-0.05, 0) is 35.0 Å². The summed E-state index contributed by atoms with van der Waals surface area (Å²) >= 11 is 3.41. The summed E-state index contributed by atoms with van der Waals surface area (Å²) < 4.78 is 6.13. The molecule has 1 unspecified atom stereocenters. The minimum absolute atomic E-state index is 0.341. The van der Waals surface area contributed by atoms with Crippen LogP contribution in [0.5, 0.6) is 0 Å². The molecule has 0 saturated heterocycles. The summed E-state index contributed by atoms with van der Waals surface area (Å²) in [4.78, 5) is 4.40. The lowest BCUT2D eigenvalue weighted by molar-refractivity contribution is 0.0496. The van der Waals surface area contributed by atoms with Crippen LogP contribution >= 0.6 is 15.9 Å². The number of ether oxygens (including phenoxy) is 1. The summed E-state index contributed by atoms with van der Waals surface area (Å²) in [6, 6.07) is 7.95. The molecular formula is C14H17BrN2O2. The van der Waals surface area contributed by atoms with Crippen molar-refractivity contribution in [1.29, 1.82) is 0 Å². The molecule has 1 aromatic heterocycles. The molecule has 0 aliphatic heterocycles. The highest BCUT2D eigenvalue weighted by Crippen LogP contribution is 2.23. The van der Waals surface area contributed by atoms with Crippen LogP contribution in [-0.4, -0.2) is 36.0 Å². The Kier molecular flexibility index (Phi) is 5.13. The number of hydrogen-bond acceptors (Lipinski definition) is 4. The summed E-state index contributed by atoms with van der Waals surface area (Å²) in [5.74, 6) is 0. The number of fused-ring (bicyclic) bond motifs is 1. The van der Waals surface area contributed by atoms with E-state index < -0.39 is 6.10 Å². The molecular weight excluding hydrogens is 308 g/mol. The molecule has 0 bridgehead atoms. The smallest absolute Gasteiger partial charge is 0.0945 e. The Morgan fingerprint density at radius 3 is 3.11 bits per heavy atom. The van der Waals surface area contributed by atoms with E-state index in [0.717, 1.165) is 21.1 Å². The van der Waals surface area contributed by atoms with Gasteiger partial charge in [0.25, 0.3) is 0 Å². The first-order chi connectivity index (χ1) is 9.20. The number of rotatable bonds is 6. The van der Waals surface area contributed by atoms with Crippen molar-refractivity contribution in [3.05, 3.63) is 34.9 Å². The molecule has 1 heterocycles. The average Bonchev–Trinajstić information content (AvgIpc) is 2.42. The van der Waals surface area contributed by atoms with E-state index in [1.165, 1.54) is 0 Å². The van der Waals surface area contributed by atoms with Crippen LogP contribution in [0.1, 0.15) is 6.92 Å². The minimum atomic E-state index is -0.523. The average molecular weight is 325 g/mol. The number of nitrogens with zero attached hydrogens (tertiary/aromatic N) is 1. The second-order valence-corrected chi connectivity index (χ2v) is 5.14. The molecule has 0 spiro atoms. The number of nitrogens with one attached hydrogen (secondary N) is 1. The molecule has 1 atom stereocenters. The first kappa shape index (κ1) is 14.2. The number of hydrogen-bond donors (Lipinski definition) is 2. The molecule has 5 heteroatoms. The second kappa shape index (κ2) is 6.84. The summed E-state index contributed by atoms with van der Waals surface area (Å²) in [7, 11) is 0. The second-order valence-electron chi connectivity index (χ2n) is 4.23. The molecule has 0 aliphatic rings. The van der Waals surface area contributed by atoms with Crippen molar-refractivity contribution in [2.75, 3.05) is 25.1 Å². The number of anilines is 1. The minimum Gasteiger partial charge on any atom is -0.389 e. The molecule has 0 radical (unpaired) electrons. The molecule has 102 valence electrons. The van der Waals surface area contributed by atoms with E-state index in [1.807, 2.05) is 31.2 Å². The Morgan fingerprint density at radius 2 is 2.32 bits per heavy atom. The van der Waals surface area contributed by atoms with Gasteiger partial charge in [-0.2, -0.15) is 0 Å². The Balaban J connectivity index is 2.08. The normalized spacial score (nSPS) is 12.6. The van der Waals surface area contributed by atoms with Crippen molar-refractivity contribution in [3.8, 4) is 0 Å². The lowest BCUT2D eigenvalue weighted by Crippen LogP contribution is -2.24. The number of aliphatic hydroxyl groups excluding tert-OH is 1. The molecule has 0 fully saturated rings. The molecule has 2 rings (SSSR count). The largest absolute Gasteiger partial charge is 0.389 e. The molecule has 4 nitrogen and oxygen atoms in total. The maximum atomic E-state index is 9.74. The zero-order valence-corrected chi connectivity index (χ0v) is 12.4. The van der Waals surface area contributed by atoms with Gasteiger partial charge in [0.05, 0.1) is 23.9 Å². The van der Waals surface area contributed by atoms with Gasteiger partial charge in [-0.15, -0.1) is 0 Å². The van der Waals surface area contributed by atoms with Crippen molar-refractivity contribution in [3.63, 3.8) is 0 Å². The fourth-order valence-corrected chi connectivity index (χ4v) is 2.17. The van der Waals surface area contributed by atoms with Crippen molar-refractivity contribution in [2.24, 2.45) is 0 Å². The highest BCUT2D eigenvalue weighted by Gasteiger charge is 2.06. The molecule has 0 aliphatic carbocycles. The van der Waals surface area contributed by atoms with E-state index in [2.05, 4.69) is 26.2 Å². The van der Waals surface area contributed by atoms with Crippen LogP contribution in [0.2, 0.25) is 0 Å². The summed E-state index contributed by atoms with van der Waals surface area (Å²) in [6.45, 7) is 3.30. The fraction of sp³-hybridized carbons (Fsp3) is 0.357. The molecule has 2 aromatic rings. The van der Waals surface area contributed by atoms with Gasteiger partial charge in [0.2, 0.25) is 0 Å². The van der Waals surface area contributed by atoms with Crippen LogP contribution in [0.25, 0.3) is 10.9 Å². The molecule has 2 N–H and O–H groups in total. The zero-order chi connectivity index (χ0) is 13.7. The number of aliphatic hydroxyl groups is 1. The molecule has 0 saturated carbocycles. The van der Waals surface area contributed by atoms with E-state index in [9.17, 15) is 5.11 Å². The van der Waals surface area contributed by atoms with Gasteiger partial charge in [0.15, 0.2) is 0 Å². The van der Waals surface area contributed by atoms with Crippen LogP contribution < -0.4 is 5.32 Å². The number of halogens is 1. The van der Waals surface area contributed by atoms with E-state index in [4.69, 9.17) is 4.74 Å². The number of aromatic nitrogens is 1. The SMILES string of the molecule is CCOCC(O)CNc1cccc2cc(Br)cnc12. The predicted molar refractivity (Wildman–Crippen MR) is 80.4 cm³/mol. The Morgan fingerprint density at radius 1 is 1.47 bits per heavy atom. The van der Waals surface area contributed by atoms with Crippen LogP contribution in [-0.2, 0) is 4.74 Å².